The van der Waals surface area contributed by atoms with Gasteiger partial charge in [0.25, 0.3) is 0 Å². The predicted octanol–water partition coefficient (Wildman–Crippen LogP) is 4.65. The van der Waals surface area contributed by atoms with E-state index in [-0.39, 0.29) is 24.1 Å². The lowest BCUT2D eigenvalue weighted by Crippen LogP contribution is -2.25. The number of benzene rings is 2. The molecule has 0 radical (unpaired) electrons. The minimum atomic E-state index is -0.357. The Balaban J connectivity index is 1.79. The Labute approximate surface area is 157 Å². The zero-order valence-corrected chi connectivity index (χ0v) is 15.5. The number of hydrogen-bond donors (Lipinski definition) is 0. The van der Waals surface area contributed by atoms with Gasteiger partial charge in [0.05, 0.1) is 6.54 Å². The molecule has 1 aliphatic carbocycles. The van der Waals surface area contributed by atoms with Crippen LogP contribution < -0.4 is 5.69 Å². The molecule has 1 fully saturated rings. The fraction of sp³-hybridized carbons (Fsp3) is 0.222. The Morgan fingerprint density at radius 2 is 1.92 bits per heavy atom. The van der Waals surface area contributed by atoms with Crippen LogP contribution in [-0.2, 0) is 6.54 Å². The molecule has 0 amide bonds. The zero-order chi connectivity index (χ0) is 17.6. The average Bonchev–Trinajstić information content (AvgIpc) is 3.37. The smallest absolute Gasteiger partial charge is 0.272 e. The molecule has 0 bridgehead atoms. The molecule has 1 aromatic heterocycles. The van der Waals surface area contributed by atoms with Crippen molar-refractivity contribution in [1.29, 1.82) is 0 Å². The van der Waals surface area contributed by atoms with E-state index in [0.717, 1.165) is 22.9 Å². The van der Waals surface area contributed by atoms with E-state index in [4.69, 9.17) is 11.6 Å². The summed E-state index contributed by atoms with van der Waals surface area (Å²) < 4.78 is 17.8. The minimum Gasteiger partial charge on any atom is -0.272 e. The van der Waals surface area contributed by atoms with Crippen molar-refractivity contribution >= 4 is 27.5 Å². The van der Waals surface area contributed by atoms with Gasteiger partial charge in [-0.05, 0) is 55.3 Å². The van der Waals surface area contributed by atoms with Crippen LogP contribution in [0.15, 0.2) is 51.7 Å². The lowest BCUT2D eigenvalue weighted by atomic mass is 10.2. The van der Waals surface area contributed by atoms with E-state index in [1.54, 1.807) is 28.8 Å². The molecule has 4 rings (SSSR count). The van der Waals surface area contributed by atoms with Crippen molar-refractivity contribution in [2.45, 2.75) is 25.4 Å². The van der Waals surface area contributed by atoms with Crippen molar-refractivity contribution in [1.82, 2.24) is 14.3 Å². The molecule has 7 heteroatoms. The van der Waals surface area contributed by atoms with Crippen molar-refractivity contribution in [3.05, 3.63) is 73.8 Å². The van der Waals surface area contributed by atoms with Crippen LogP contribution in [0.1, 0.15) is 24.4 Å². The van der Waals surface area contributed by atoms with Gasteiger partial charge in [-0.2, -0.15) is 0 Å². The molecule has 1 saturated carbocycles. The van der Waals surface area contributed by atoms with Gasteiger partial charge in [-0.1, -0.05) is 27.5 Å². The monoisotopic (exact) mass is 421 g/mol. The third kappa shape index (κ3) is 3.28. The summed E-state index contributed by atoms with van der Waals surface area (Å²) in [5.74, 6) is 0.240. The van der Waals surface area contributed by atoms with E-state index in [2.05, 4.69) is 21.0 Å². The molecule has 0 saturated heterocycles. The van der Waals surface area contributed by atoms with Crippen molar-refractivity contribution in [3.8, 4) is 11.4 Å². The standard InChI is InChI=1S/C18H14BrClFN3O/c19-13-3-8-16(21)12(9-13)10-23-18(25)24(15-6-7-15)17(22-23)11-1-4-14(20)5-2-11/h1-5,8-9,15H,6-7,10H2. The van der Waals surface area contributed by atoms with E-state index in [1.165, 1.54) is 10.7 Å². The summed E-state index contributed by atoms with van der Waals surface area (Å²) in [4.78, 5) is 12.8. The van der Waals surface area contributed by atoms with E-state index < -0.39 is 0 Å². The Morgan fingerprint density at radius 1 is 1.20 bits per heavy atom. The normalized spacial score (nSPS) is 14.0. The third-order valence-electron chi connectivity index (χ3n) is 4.21. The molecule has 1 heterocycles. The molecular weight excluding hydrogens is 409 g/mol. The molecule has 0 atom stereocenters. The molecular formula is C18H14BrClFN3O. The van der Waals surface area contributed by atoms with E-state index >= 15 is 0 Å². The topological polar surface area (TPSA) is 39.8 Å². The summed E-state index contributed by atoms with van der Waals surface area (Å²) in [5.41, 5.74) is 1.02. The maximum atomic E-state index is 14.0. The van der Waals surface area contributed by atoms with Gasteiger partial charge >= 0.3 is 5.69 Å². The number of rotatable bonds is 4. The van der Waals surface area contributed by atoms with Gasteiger partial charge in [-0.3, -0.25) is 4.57 Å². The average molecular weight is 423 g/mol. The van der Waals surface area contributed by atoms with Crippen LogP contribution in [-0.4, -0.2) is 14.3 Å². The maximum Gasteiger partial charge on any atom is 0.346 e. The largest absolute Gasteiger partial charge is 0.346 e. The van der Waals surface area contributed by atoms with Gasteiger partial charge < -0.3 is 0 Å². The molecule has 2 aromatic carbocycles. The van der Waals surface area contributed by atoms with Crippen LogP contribution in [0.4, 0.5) is 4.39 Å². The molecule has 0 unspecified atom stereocenters. The van der Waals surface area contributed by atoms with Crippen molar-refractivity contribution < 1.29 is 4.39 Å². The molecule has 0 aliphatic heterocycles. The number of hydrogen-bond acceptors (Lipinski definition) is 2. The highest BCUT2D eigenvalue weighted by atomic mass is 79.9. The fourth-order valence-electron chi connectivity index (χ4n) is 2.81. The minimum absolute atomic E-state index is 0.0877. The summed E-state index contributed by atoms with van der Waals surface area (Å²) in [7, 11) is 0. The Kier molecular flexibility index (Phi) is 4.25. The maximum absolute atomic E-state index is 14.0. The van der Waals surface area contributed by atoms with Gasteiger partial charge in [-0.25, -0.2) is 13.9 Å². The molecule has 128 valence electrons. The van der Waals surface area contributed by atoms with Crippen LogP contribution in [0.25, 0.3) is 11.4 Å². The first-order valence-electron chi connectivity index (χ1n) is 7.92. The number of halogens is 3. The molecule has 25 heavy (non-hydrogen) atoms. The summed E-state index contributed by atoms with van der Waals surface area (Å²) in [6.45, 7) is 0.0877. The molecule has 3 aromatic rings. The van der Waals surface area contributed by atoms with Crippen molar-refractivity contribution in [3.63, 3.8) is 0 Å². The zero-order valence-electron chi connectivity index (χ0n) is 13.1. The number of aromatic nitrogens is 3. The van der Waals surface area contributed by atoms with Crippen molar-refractivity contribution in [2.75, 3.05) is 0 Å². The van der Waals surface area contributed by atoms with E-state index in [1.807, 2.05) is 12.1 Å². The van der Waals surface area contributed by atoms with Gasteiger partial charge in [0, 0.05) is 26.7 Å². The van der Waals surface area contributed by atoms with E-state index in [0.29, 0.717) is 16.4 Å². The Morgan fingerprint density at radius 3 is 2.60 bits per heavy atom. The highest BCUT2D eigenvalue weighted by molar-refractivity contribution is 9.10. The Hall–Kier alpha value is -1.92. The van der Waals surface area contributed by atoms with Crippen LogP contribution >= 0.6 is 27.5 Å². The predicted molar refractivity (Wildman–Crippen MR) is 98.4 cm³/mol. The van der Waals surface area contributed by atoms with Crippen molar-refractivity contribution in [2.24, 2.45) is 0 Å². The van der Waals surface area contributed by atoms with Gasteiger partial charge in [-0.15, -0.1) is 5.10 Å². The number of nitrogens with zero attached hydrogens (tertiary/aromatic N) is 3. The summed E-state index contributed by atoms with van der Waals surface area (Å²) in [5, 5.41) is 5.10. The molecule has 0 N–H and O–H groups in total. The van der Waals surface area contributed by atoms with Gasteiger partial charge in [0.2, 0.25) is 0 Å². The highest BCUT2D eigenvalue weighted by Gasteiger charge is 2.30. The van der Waals surface area contributed by atoms with E-state index in [9.17, 15) is 9.18 Å². The van der Waals surface area contributed by atoms with Crippen LogP contribution in [0.5, 0.6) is 0 Å². The molecule has 4 nitrogen and oxygen atoms in total. The second kappa shape index (κ2) is 6.42. The molecule has 1 aliphatic rings. The van der Waals surface area contributed by atoms with Crippen LogP contribution in [0.3, 0.4) is 0 Å². The summed E-state index contributed by atoms with van der Waals surface area (Å²) >= 11 is 9.28. The molecule has 0 spiro atoms. The van der Waals surface area contributed by atoms with Crippen LogP contribution in [0.2, 0.25) is 5.02 Å². The summed E-state index contributed by atoms with van der Waals surface area (Å²) in [6, 6.07) is 12.1. The first-order valence-corrected chi connectivity index (χ1v) is 9.09. The summed E-state index contributed by atoms with van der Waals surface area (Å²) in [6.07, 6.45) is 1.91. The Bertz CT molecular complexity index is 993. The highest BCUT2D eigenvalue weighted by Crippen LogP contribution is 2.36. The third-order valence-corrected chi connectivity index (χ3v) is 4.96. The van der Waals surface area contributed by atoms with Crippen LogP contribution in [0, 0.1) is 5.82 Å². The SMILES string of the molecule is O=c1n(Cc2cc(Br)ccc2F)nc(-c2ccc(Cl)cc2)n1C1CC1. The second-order valence-corrected chi connectivity index (χ2v) is 7.46. The lowest BCUT2D eigenvalue weighted by Gasteiger charge is -2.03. The second-order valence-electron chi connectivity index (χ2n) is 6.11. The first-order chi connectivity index (χ1) is 12.0. The fourth-order valence-corrected chi connectivity index (χ4v) is 3.34. The first kappa shape index (κ1) is 16.5. The quantitative estimate of drug-likeness (QED) is 0.614. The van der Waals surface area contributed by atoms with Gasteiger partial charge in [0.1, 0.15) is 5.82 Å². The van der Waals surface area contributed by atoms with Gasteiger partial charge in [0.15, 0.2) is 5.82 Å². The lowest BCUT2D eigenvalue weighted by molar-refractivity contribution is 0.571.